The largest absolute Gasteiger partial charge is 0.496 e. The summed E-state index contributed by atoms with van der Waals surface area (Å²) in [6, 6.07) is 9.18. The van der Waals surface area contributed by atoms with Crippen molar-refractivity contribution in [3.05, 3.63) is 29.3 Å². The molecule has 2 fully saturated rings. The number of nitrogens with one attached hydrogen (secondary N) is 1. The predicted octanol–water partition coefficient (Wildman–Crippen LogP) is 2.28. The lowest BCUT2D eigenvalue weighted by Crippen LogP contribution is -2.45. The maximum atomic E-state index is 9.03. The molecule has 2 aliphatic rings. The Labute approximate surface area is 126 Å². The van der Waals surface area contributed by atoms with E-state index >= 15 is 0 Å². The molecule has 1 aromatic carbocycles. The van der Waals surface area contributed by atoms with E-state index in [9.17, 15) is 0 Å². The third-order valence-electron chi connectivity index (χ3n) is 4.81. The van der Waals surface area contributed by atoms with Gasteiger partial charge in [0.15, 0.2) is 0 Å². The molecule has 4 heteroatoms. The molecule has 2 heterocycles. The van der Waals surface area contributed by atoms with Crippen LogP contribution in [0.5, 0.6) is 5.75 Å². The first-order valence-electron chi connectivity index (χ1n) is 7.84. The second kappa shape index (κ2) is 6.46. The van der Waals surface area contributed by atoms with Crippen LogP contribution in [0.2, 0.25) is 0 Å². The second-order valence-corrected chi connectivity index (χ2v) is 6.07. The molecule has 0 spiro atoms. The van der Waals surface area contributed by atoms with Crippen molar-refractivity contribution in [2.75, 3.05) is 20.2 Å². The average Bonchev–Trinajstić information content (AvgIpc) is 3.00. The lowest BCUT2D eigenvalue weighted by molar-refractivity contribution is 0.166. The van der Waals surface area contributed by atoms with Gasteiger partial charge in [0.25, 0.3) is 0 Å². The van der Waals surface area contributed by atoms with Crippen molar-refractivity contribution in [3.63, 3.8) is 0 Å². The Hall–Kier alpha value is -1.57. The highest BCUT2D eigenvalue weighted by Gasteiger charge is 2.31. The summed E-state index contributed by atoms with van der Waals surface area (Å²) in [6.45, 7) is 3.28. The molecule has 3 rings (SSSR count). The van der Waals surface area contributed by atoms with Crippen molar-refractivity contribution in [2.24, 2.45) is 0 Å². The van der Waals surface area contributed by atoms with Gasteiger partial charge in [-0.05, 0) is 57.0 Å². The number of ether oxygens (including phenoxy) is 1. The van der Waals surface area contributed by atoms with Crippen LogP contribution >= 0.6 is 0 Å². The summed E-state index contributed by atoms with van der Waals surface area (Å²) in [7, 11) is 1.68. The van der Waals surface area contributed by atoms with Gasteiger partial charge < -0.3 is 15.0 Å². The fraction of sp³-hybridized carbons (Fsp3) is 0.588. The second-order valence-electron chi connectivity index (χ2n) is 6.07. The van der Waals surface area contributed by atoms with Crippen molar-refractivity contribution >= 4 is 0 Å². The summed E-state index contributed by atoms with van der Waals surface area (Å²) in [6.07, 6.45) is 5.18. The van der Waals surface area contributed by atoms with Gasteiger partial charge in [0.1, 0.15) is 5.75 Å². The summed E-state index contributed by atoms with van der Waals surface area (Å²) < 4.78 is 5.40. The maximum Gasteiger partial charge on any atom is 0.123 e. The number of benzene rings is 1. The maximum absolute atomic E-state index is 9.03. The highest BCUT2D eigenvalue weighted by Crippen LogP contribution is 2.27. The van der Waals surface area contributed by atoms with Crippen molar-refractivity contribution in [2.45, 2.75) is 44.3 Å². The van der Waals surface area contributed by atoms with Gasteiger partial charge in [0.2, 0.25) is 0 Å². The van der Waals surface area contributed by atoms with Crippen molar-refractivity contribution in [1.82, 2.24) is 10.2 Å². The SMILES string of the molecule is COc1ccc(C#N)cc1CNC1CCN2CCCC2C1. The Morgan fingerprint density at radius 3 is 3.10 bits per heavy atom. The van der Waals surface area contributed by atoms with Gasteiger partial charge in [0, 0.05) is 24.2 Å². The van der Waals surface area contributed by atoms with Crippen LogP contribution in [0, 0.1) is 11.3 Å². The number of hydrogen-bond donors (Lipinski definition) is 1. The number of hydrogen-bond acceptors (Lipinski definition) is 4. The lowest BCUT2D eigenvalue weighted by Gasteiger charge is -2.35. The third-order valence-corrected chi connectivity index (χ3v) is 4.81. The van der Waals surface area contributed by atoms with E-state index in [0.717, 1.165) is 23.9 Å². The van der Waals surface area contributed by atoms with E-state index in [1.165, 1.54) is 38.8 Å². The quantitative estimate of drug-likeness (QED) is 0.922. The van der Waals surface area contributed by atoms with Crippen LogP contribution in [0.3, 0.4) is 0 Å². The highest BCUT2D eigenvalue weighted by molar-refractivity contribution is 5.42. The third kappa shape index (κ3) is 3.20. The molecular weight excluding hydrogens is 262 g/mol. The zero-order valence-corrected chi connectivity index (χ0v) is 12.6. The zero-order chi connectivity index (χ0) is 14.7. The van der Waals surface area contributed by atoms with Gasteiger partial charge in [-0.15, -0.1) is 0 Å². The van der Waals surface area contributed by atoms with Crippen molar-refractivity contribution in [1.29, 1.82) is 5.26 Å². The van der Waals surface area contributed by atoms with Gasteiger partial charge >= 0.3 is 0 Å². The van der Waals surface area contributed by atoms with E-state index in [-0.39, 0.29) is 0 Å². The molecule has 2 unspecified atom stereocenters. The number of piperidine rings is 1. The Bertz CT molecular complexity index is 537. The van der Waals surface area contributed by atoms with E-state index in [2.05, 4.69) is 16.3 Å². The van der Waals surface area contributed by atoms with Crippen LogP contribution in [0.25, 0.3) is 0 Å². The minimum absolute atomic E-state index is 0.583. The summed E-state index contributed by atoms with van der Waals surface area (Å²) in [5, 5.41) is 12.7. The molecule has 2 aliphatic heterocycles. The van der Waals surface area contributed by atoms with E-state index in [4.69, 9.17) is 10.00 Å². The molecular formula is C17H23N3O. The number of methoxy groups -OCH3 is 1. The number of nitrogens with zero attached hydrogens (tertiary/aromatic N) is 2. The molecule has 0 amide bonds. The first kappa shape index (κ1) is 14.4. The van der Waals surface area contributed by atoms with Crippen LogP contribution in [0.1, 0.15) is 36.8 Å². The minimum Gasteiger partial charge on any atom is -0.496 e. The molecule has 0 aliphatic carbocycles. The predicted molar refractivity (Wildman–Crippen MR) is 82.2 cm³/mol. The van der Waals surface area contributed by atoms with Crippen molar-refractivity contribution < 1.29 is 4.74 Å². The first-order valence-corrected chi connectivity index (χ1v) is 7.84. The lowest BCUT2D eigenvalue weighted by atomic mass is 9.97. The average molecular weight is 285 g/mol. The van der Waals surface area contributed by atoms with E-state index in [1.807, 2.05) is 12.1 Å². The summed E-state index contributed by atoms with van der Waals surface area (Å²) in [4.78, 5) is 2.63. The molecule has 112 valence electrons. The molecule has 0 radical (unpaired) electrons. The minimum atomic E-state index is 0.583. The van der Waals surface area contributed by atoms with Gasteiger partial charge in [-0.1, -0.05) is 0 Å². The van der Waals surface area contributed by atoms with Crippen LogP contribution in [-0.4, -0.2) is 37.2 Å². The zero-order valence-electron chi connectivity index (χ0n) is 12.6. The summed E-state index contributed by atoms with van der Waals surface area (Å²) in [5.74, 6) is 0.861. The normalized spacial score (nSPS) is 25.3. The number of fused-ring (bicyclic) bond motifs is 1. The monoisotopic (exact) mass is 285 g/mol. The van der Waals surface area contributed by atoms with Crippen LogP contribution in [-0.2, 0) is 6.54 Å². The van der Waals surface area contributed by atoms with Crippen LogP contribution in [0.4, 0.5) is 0 Å². The molecule has 21 heavy (non-hydrogen) atoms. The van der Waals surface area contributed by atoms with Gasteiger partial charge in [-0.3, -0.25) is 0 Å². The molecule has 1 aromatic rings. The van der Waals surface area contributed by atoms with Gasteiger partial charge in [0.05, 0.1) is 18.7 Å². The van der Waals surface area contributed by atoms with Gasteiger partial charge in [-0.25, -0.2) is 0 Å². The Balaban J connectivity index is 1.61. The fourth-order valence-electron chi connectivity index (χ4n) is 3.65. The summed E-state index contributed by atoms with van der Waals surface area (Å²) in [5.41, 5.74) is 1.77. The molecule has 0 aromatic heterocycles. The number of nitriles is 1. The van der Waals surface area contributed by atoms with Gasteiger partial charge in [-0.2, -0.15) is 5.26 Å². The van der Waals surface area contributed by atoms with Crippen LogP contribution in [0.15, 0.2) is 18.2 Å². The smallest absolute Gasteiger partial charge is 0.123 e. The Kier molecular flexibility index (Phi) is 4.42. The topological polar surface area (TPSA) is 48.3 Å². The first-order chi connectivity index (χ1) is 10.3. The standard InChI is InChI=1S/C17H23N3O/c1-21-17-5-4-13(11-18)9-14(17)12-19-15-6-8-20-7-2-3-16(20)10-15/h4-5,9,15-16,19H,2-3,6-8,10,12H2,1H3. The van der Waals surface area contributed by atoms with Crippen LogP contribution < -0.4 is 10.1 Å². The summed E-state index contributed by atoms with van der Waals surface area (Å²) >= 11 is 0. The van der Waals surface area contributed by atoms with E-state index in [0.29, 0.717) is 11.6 Å². The van der Waals surface area contributed by atoms with E-state index < -0.39 is 0 Å². The molecule has 2 atom stereocenters. The molecule has 1 N–H and O–H groups in total. The Morgan fingerprint density at radius 2 is 2.29 bits per heavy atom. The van der Waals surface area contributed by atoms with Crippen molar-refractivity contribution in [3.8, 4) is 11.8 Å². The molecule has 0 saturated carbocycles. The Morgan fingerprint density at radius 1 is 1.38 bits per heavy atom. The highest BCUT2D eigenvalue weighted by atomic mass is 16.5. The molecule has 2 saturated heterocycles. The van der Waals surface area contributed by atoms with E-state index in [1.54, 1.807) is 13.2 Å². The molecule has 0 bridgehead atoms. The fourth-order valence-corrected chi connectivity index (χ4v) is 3.65. The molecule has 4 nitrogen and oxygen atoms in total. The number of rotatable bonds is 4.